The van der Waals surface area contributed by atoms with Gasteiger partial charge in [0, 0.05) is 6.04 Å². The van der Waals surface area contributed by atoms with Gasteiger partial charge in [0.15, 0.2) is 0 Å². The van der Waals surface area contributed by atoms with Crippen LogP contribution >= 0.6 is 11.6 Å². The van der Waals surface area contributed by atoms with E-state index >= 15 is 0 Å². The first-order chi connectivity index (χ1) is 8.97. The molecule has 2 atom stereocenters. The van der Waals surface area contributed by atoms with Gasteiger partial charge in [0.2, 0.25) is 0 Å². The Balaban J connectivity index is 2.06. The lowest BCUT2D eigenvalue weighted by molar-refractivity contribution is 0.0911. The van der Waals surface area contributed by atoms with E-state index in [1.165, 1.54) is 6.42 Å². The van der Waals surface area contributed by atoms with E-state index in [1.54, 1.807) is 18.2 Å². The topological polar surface area (TPSA) is 55.1 Å². The average molecular weight is 281 g/mol. The first kappa shape index (κ1) is 14.2. The van der Waals surface area contributed by atoms with Crippen LogP contribution in [0.2, 0.25) is 5.02 Å². The van der Waals surface area contributed by atoms with Crippen molar-refractivity contribution in [2.75, 3.05) is 5.73 Å². The molecule has 104 valence electrons. The largest absolute Gasteiger partial charge is 0.398 e. The average Bonchev–Trinajstić information content (AvgIpc) is 2.31. The monoisotopic (exact) mass is 280 g/mol. The highest BCUT2D eigenvalue weighted by atomic mass is 35.5. The zero-order chi connectivity index (χ0) is 14.0. The van der Waals surface area contributed by atoms with Crippen LogP contribution in [0.5, 0.6) is 0 Å². The predicted molar refractivity (Wildman–Crippen MR) is 79.3 cm³/mol. The fraction of sp³-hybridized carbons (Fsp3) is 0.533. The van der Waals surface area contributed by atoms with Crippen molar-refractivity contribution in [2.24, 2.45) is 11.8 Å². The molecule has 1 saturated carbocycles. The summed E-state index contributed by atoms with van der Waals surface area (Å²) in [4.78, 5) is 12.2. The van der Waals surface area contributed by atoms with Gasteiger partial charge in [-0.1, -0.05) is 31.5 Å². The molecule has 1 aromatic carbocycles. The number of amides is 1. The second-order valence-corrected chi connectivity index (χ2v) is 6.17. The van der Waals surface area contributed by atoms with Gasteiger partial charge in [0.25, 0.3) is 5.91 Å². The third-order valence-electron chi connectivity index (χ3n) is 3.79. The Hall–Kier alpha value is -1.22. The van der Waals surface area contributed by atoms with Crippen molar-refractivity contribution in [1.29, 1.82) is 0 Å². The molecule has 0 saturated heterocycles. The Morgan fingerprint density at radius 1 is 1.26 bits per heavy atom. The highest BCUT2D eigenvalue weighted by molar-refractivity contribution is 6.36. The number of nitrogens with two attached hydrogens (primary N) is 1. The maximum Gasteiger partial charge on any atom is 0.253 e. The van der Waals surface area contributed by atoms with Crippen LogP contribution < -0.4 is 11.1 Å². The molecule has 4 heteroatoms. The number of carbonyl (C=O) groups is 1. The highest BCUT2D eigenvalue weighted by Gasteiger charge is 2.25. The van der Waals surface area contributed by atoms with Crippen molar-refractivity contribution in [3.8, 4) is 0 Å². The number of nitrogens with one attached hydrogen (secondary N) is 1. The minimum Gasteiger partial charge on any atom is -0.398 e. The zero-order valence-electron chi connectivity index (χ0n) is 11.4. The number of carbonyl (C=O) groups excluding carboxylic acids is 1. The molecule has 0 spiro atoms. The summed E-state index contributed by atoms with van der Waals surface area (Å²) in [6, 6.07) is 5.40. The van der Waals surface area contributed by atoms with Crippen molar-refractivity contribution < 1.29 is 4.79 Å². The van der Waals surface area contributed by atoms with Crippen LogP contribution in [0.25, 0.3) is 0 Å². The maximum atomic E-state index is 12.2. The quantitative estimate of drug-likeness (QED) is 0.815. The number of anilines is 1. The molecular weight excluding hydrogens is 260 g/mol. The summed E-state index contributed by atoms with van der Waals surface area (Å²) in [6.45, 7) is 4.48. The molecule has 0 aromatic heterocycles. The molecule has 2 unspecified atom stereocenters. The molecule has 1 aromatic rings. The third kappa shape index (κ3) is 3.41. The van der Waals surface area contributed by atoms with Gasteiger partial charge in [-0.05, 0) is 43.2 Å². The van der Waals surface area contributed by atoms with Crippen LogP contribution in [-0.2, 0) is 0 Å². The molecule has 0 aliphatic heterocycles. The second-order valence-electron chi connectivity index (χ2n) is 5.80. The molecule has 0 heterocycles. The van der Waals surface area contributed by atoms with Gasteiger partial charge in [-0.2, -0.15) is 0 Å². The Morgan fingerprint density at radius 2 is 1.89 bits per heavy atom. The molecule has 1 aliphatic rings. The fourth-order valence-corrected chi connectivity index (χ4v) is 3.26. The Morgan fingerprint density at radius 3 is 2.53 bits per heavy atom. The van der Waals surface area contributed by atoms with Crippen molar-refractivity contribution in [1.82, 2.24) is 5.32 Å². The van der Waals surface area contributed by atoms with Crippen LogP contribution in [0.3, 0.4) is 0 Å². The van der Waals surface area contributed by atoms with E-state index in [0.717, 1.165) is 12.8 Å². The molecule has 3 N–H and O–H groups in total. The van der Waals surface area contributed by atoms with Crippen LogP contribution in [0, 0.1) is 11.8 Å². The first-order valence-electron chi connectivity index (χ1n) is 6.82. The lowest BCUT2D eigenvalue weighted by Gasteiger charge is -2.32. The molecule has 1 aliphatic carbocycles. The van der Waals surface area contributed by atoms with Gasteiger partial charge in [-0.3, -0.25) is 4.79 Å². The van der Waals surface area contributed by atoms with Gasteiger partial charge in [0.1, 0.15) is 0 Å². The number of halogens is 1. The number of benzene rings is 1. The summed E-state index contributed by atoms with van der Waals surface area (Å²) in [5.74, 6) is 1.19. The van der Waals surface area contributed by atoms with E-state index in [2.05, 4.69) is 19.2 Å². The Kier molecular flexibility index (Phi) is 4.35. The van der Waals surface area contributed by atoms with E-state index in [-0.39, 0.29) is 11.9 Å². The molecule has 0 bridgehead atoms. The van der Waals surface area contributed by atoms with Crippen LogP contribution in [0.1, 0.15) is 43.5 Å². The SMILES string of the molecule is CC1CC(C)CC(NC(=O)c2cccc(N)c2Cl)C1. The summed E-state index contributed by atoms with van der Waals surface area (Å²) in [5.41, 5.74) is 6.63. The number of rotatable bonds is 2. The van der Waals surface area contributed by atoms with E-state index < -0.39 is 0 Å². The standard InChI is InChI=1S/C15H21ClN2O/c1-9-6-10(2)8-11(7-9)18-15(19)12-4-3-5-13(17)14(12)16/h3-5,9-11H,6-8,17H2,1-2H3,(H,18,19). The number of hydrogen-bond acceptors (Lipinski definition) is 2. The smallest absolute Gasteiger partial charge is 0.253 e. The number of hydrogen-bond donors (Lipinski definition) is 2. The highest BCUT2D eigenvalue weighted by Crippen LogP contribution is 2.29. The molecule has 0 radical (unpaired) electrons. The van der Waals surface area contributed by atoms with E-state index in [0.29, 0.717) is 28.1 Å². The molecule has 3 nitrogen and oxygen atoms in total. The lowest BCUT2D eigenvalue weighted by Crippen LogP contribution is -2.40. The van der Waals surface area contributed by atoms with Crippen molar-refractivity contribution in [3.63, 3.8) is 0 Å². The van der Waals surface area contributed by atoms with Crippen molar-refractivity contribution in [2.45, 2.75) is 39.2 Å². The minimum atomic E-state index is -0.122. The Bertz CT molecular complexity index is 465. The van der Waals surface area contributed by atoms with E-state index in [1.807, 2.05) is 0 Å². The van der Waals surface area contributed by atoms with Gasteiger partial charge in [-0.25, -0.2) is 0 Å². The lowest BCUT2D eigenvalue weighted by atomic mass is 9.80. The van der Waals surface area contributed by atoms with E-state index in [9.17, 15) is 4.79 Å². The van der Waals surface area contributed by atoms with Crippen LogP contribution in [-0.4, -0.2) is 11.9 Å². The molecular formula is C15H21ClN2O. The predicted octanol–water partition coefficient (Wildman–Crippen LogP) is 3.48. The summed E-state index contributed by atoms with van der Waals surface area (Å²) >= 11 is 6.08. The van der Waals surface area contributed by atoms with Crippen LogP contribution in [0.4, 0.5) is 5.69 Å². The van der Waals surface area contributed by atoms with Gasteiger partial charge in [-0.15, -0.1) is 0 Å². The molecule has 1 amide bonds. The molecule has 1 fully saturated rings. The van der Waals surface area contributed by atoms with Crippen molar-refractivity contribution >= 4 is 23.2 Å². The van der Waals surface area contributed by atoms with Crippen molar-refractivity contribution in [3.05, 3.63) is 28.8 Å². The zero-order valence-corrected chi connectivity index (χ0v) is 12.2. The molecule has 2 rings (SSSR count). The fourth-order valence-electron chi connectivity index (χ4n) is 3.05. The summed E-state index contributed by atoms with van der Waals surface area (Å²) in [7, 11) is 0. The maximum absolute atomic E-state index is 12.2. The van der Waals surface area contributed by atoms with Gasteiger partial charge < -0.3 is 11.1 Å². The summed E-state index contributed by atoms with van der Waals surface area (Å²) < 4.78 is 0. The second kappa shape index (κ2) is 5.83. The van der Waals surface area contributed by atoms with Crippen LogP contribution in [0.15, 0.2) is 18.2 Å². The first-order valence-corrected chi connectivity index (χ1v) is 7.20. The normalized spacial score (nSPS) is 27.0. The summed E-state index contributed by atoms with van der Waals surface area (Å²) in [6.07, 6.45) is 3.32. The molecule has 19 heavy (non-hydrogen) atoms. The number of nitrogen functional groups attached to an aromatic ring is 1. The van der Waals surface area contributed by atoms with Gasteiger partial charge in [0.05, 0.1) is 16.3 Å². The minimum absolute atomic E-state index is 0.122. The van der Waals surface area contributed by atoms with E-state index in [4.69, 9.17) is 17.3 Å². The Labute approximate surface area is 119 Å². The summed E-state index contributed by atoms with van der Waals surface area (Å²) in [5, 5.41) is 3.43. The van der Waals surface area contributed by atoms with Gasteiger partial charge >= 0.3 is 0 Å². The third-order valence-corrected chi connectivity index (χ3v) is 4.21.